The molecule has 256 valence electrons. The van der Waals surface area contributed by atoms with E-state index in [9.17, 15) is 18.0 Å². The van der Waals surface area contributed by atoms with E-state index in [4.69, 9.17) is 9.47 Å². The van der Waals surface area contributed by atoms with Gasteiger partial charge in [-0.1, -0.05) is 63.5 Å². The topological polar surface area (TPSA) is 108 Å². The number of hydrogen-bond donors (Lipinski definition) is 1. The Morgan fingerprint density at radius 3 is 2.11 bits per heavy atom. The molecule has 11 heteroatoms. The average Bonchev–Trinajstić information content (AvgIpc) is 3.48. The van der Waals surface area contributed by atoms with Crippen LogP contribution in [0.4, 0.5) is 26.7 Å². The van der Waals surface area contributed by atoms with Crippen LogP contribution in [0.2, 0.25) is 0 Å². The quantitative estimate of drug-likeness (QED) is 0.376. The van der Waals surface area contributed by atoms with Gasteiger partial charge in [0, 0.05) is 18.6 Å². The molecule has 2 atom stereocenters. The van der Waals surface area contributed by atoms with Crippen molar-refractivity contribution < 1.29 is 27.5 Å². The van der Waals surface area contributed by atoms with Crippen LogP contribution < -0.4 is 19.4 Å². The summed E-state index contributed by atoms with van der Waals surface area (Å²) < 4.78 is 37.3. The molecule has 1 saturated heterocycles. The van der Waals surface area contributed by atoms with Crippen molar-refractivity contribution in [2.75, 3.05) is 47.1 Å². The lowest BCUT2D eigenvalue weighted by Crippen LogP contribution is -2.55. The molecular formula is C36H50N4O6S. The number of nitrogens with one attached hydrogen (secondary N) is 1. The predicted molar refractivity (Wildman–Crippen MR) is 186 cm³/mol. The molecule has 3 aliphatic heterocycles. The number of piperidine rings is 1. The van der Waals surface area contributed by atoms with E-state index in [1.165, 1.54) is 81.9 Å². The van der Waals surface area contributed by atoms with E-state index in [1.54, 1.807) is 9.80 Å². The Bertz CT molecular complexity index is 1560. The summed E-state index contributed by atoms with van der Waals surface area (Å²) in [5, 5.41) is 3.84. The number of anilines is 3. The average molecular weight is 667 g/mol. The molecule has 1 unspecified atom stereocenters. The first kappa shape index (κ1) is 33.6. The van der Waals surface area contributed by atoms with E-state index < -0.39 is 22.2 Å². The molecule has 1 spiro atoms. The zero-order chi connectivity index (χ0) is 33.2. The van der Waals surface area contributed by atoms with Crippen molar-refractivity contribution >= 4 is 39.3 Å². The minimum absolute atomic E-state index is 0.142. The van der Waals surface area contributed by atoms with E-state index >= 15 is 0 Å². The van der Waals surface area contributed by atoms with Crippen LogP contribution in [0.1, 0.15) is 89.5 Å². The summed E-state index contributed by atoms with van der Waals surface area (Å²) >= 11 is 0. The maximum atomic E-state index is 13.9. The molecule has 2 fully saturated rings. The molecule has 4 aliphatic rings. The third-order valence-electron chi connectivity index (χ3n) is 10.6. The predicted octanol–water partition coefficient (Wildman–Crippen LogP) is 7.00. The summed E-state index contributed by atoms with van der Waals surface area (Å²) in [6, 6.07) is 11.1. The first-order chi connectivity index (χ1) is 22.6. The van der Waals surface area contributed by atoms with Crippen molar-refractivity contribution in [3.05, 3.63) is 42.0 Å². The molecule has 0 aromatic heterocycles. The summed E-state index contributed by atoms with van der Waals surface area (Å²) in [5.41, 5.74) is 4.73. The Kier molecular flexibility index (Phi) is 10.0. The molecule has 3 heterocycles. The van der Waals surface area contributed by atoms with Gasteiger partial charge in [0.05, 0.1) is 43.0 Å². The van der Waals surface area contributed by atoms with Crippen LogP contribution in [0.5, 0.6) is 0 Å². The molecular weight excluding hydrogens is 616 g/mol. The molecule has 47 heavy (non-hydrogen) atoms. The highest BCUT2D eigenvalue weighted by Gasteiger charge is 2.39. The third kappa shape index (κ3) is 7.26. The Morgan fingerprint density at radius 2 is 1.49 bits per heavy atom. The van der Waals surface area contributed by atoms with E-state index in [2.05, 4.69) is 5.32 Å². The van der Waals surface area contributed by atoms with Crippen LogP contribution in [-0.4, -0.2) is 71.3 Å². The number of nitrogens with zero attached hydrogens (tertiary/aromatic N) is 3. The highest BCUT2D eigenvalue weighted by Crippen LogP contribution is 2.41. The number of hydrogen-bond acceptors (Lipinski definition) is 7. The number of methoxy groups -OCH3 is 1. The van der Waals surface area contributed by atoms with E-state index in [1.807, 2.05) is 43.3 Å². The fourth-order valence-corrected chi connectivity index (χ4v) is 9.01. The van der Waals surface area contributed by atoms with Crippen molar-refractivity contribution in [1.29, 1.82) is 0 Å². The van der Waals surface area contributed by atoms with Gasteiger partial charge in [0.2, 0.25) is 10.0 Å². The second-order valence-corrected chi connectivity index (χ2v) is 15.9. The van der Waals surface area contributed by atoms with Crippen molar-refractivity contribution in [3.8, 4) is 11.1 Å². The van der Waals surface area contributed by atoms with Gasteiger partial charge in [0.15, 0.2) is 0 Å². The van der Waals surface area contributed by atoms with E-state index in [0.717, 1.165) is 29.5 Å². The van der Waals surface area contributed by atoms with Crippen LogP contribution in [0.3, 0.4) is 0 Å². The number of fused-ring (bicyclic) bond motifs is 2. The lowest BCUT2D eigenvalue weighted by molar-refractivity contribution is 0.0556. The van der Waals surface area contributed by atoms with Crippen LogP contribution in [0.15, 0.2) is 36.4 Å². The second kappa shape index (κ2) is 14.0. The summed E-state index contributed by atoms with van der Waals surface area (Å²) in [7, 11) is -1.99. The molecule has 2 aromatic carbocycles. The largest absolute Gasteiger partial charge is 0.452 e. The second-order valence-electron chi connectivity index (χ2n) is 14.0. The molecule has 0 radical (unpaired) electrons. The van der Waals surface area contributed by atoms with Gasteiger partial charge in [-0.15, -0.1) is 0 Å². The summed E-state index contributed by atoms with van der Waals surface area (Å²) in [4.78, 5) is 30.0. The van der Waals surface area contributed by atoms with Gasteiger partial charge < -0.3 is 14.8 Å². The maximum absolute atomic E-state index is 13.9. The first-order valence-corrected chi connectivity index (χ1v) is 19.3. The van der Waals surface area contributed by atoms with Crippen LogP contribution in [0, 0.1) is 0 Å². The Morgan fingerprint density at radius 1 is 0.851 bits per heavy atom. The molecule has 6 rings (SSSR count). The maximum Gasteiger partial charge on any atom is 0.414 e. The third-order valence-corrected chi connectivity index (χ3v) is 11.8. The van der Waals surface area contributed by atoms with Gasteiger partial charge in [-0.3, -0.25) is 14.1 Å². The van der Waals surface area contributed by atoms with Crippen LogP contribution in [0.25, 0.3) is 11.1 Å². The summed E-state index contributed by atoms with van der Waals surface area (Å²) in [6.45, 7) is 3.23. The summed E-state index contributed by atoms with van der Waals surface area (Å²) in [5.74, 6) is 0. The van der Waals surface area contributed by atoms with Gasteiger partial charge in [-0.05, 0) is 80.0 Å². The highest BCUT2D eigenvalue weighted by atomic mass is 32.2. The van der Waals surface area contributed by atoms with E-state index in [0.29, 0.717) is 36.6 Å². The number of sulfonamides is 1. The monoisotopic (exact) mass is 666 g/mol. The van der Waals surface area contributed by atoms with Crippen LogP contribution in [-0.2, 0) is 25.9 Å². The van der Waals surface area contributed by atoms with Gasteiger partial charge in [-0.2, -0.15) is 0 Å². The fraction of sp³-hybridized carbons (Fsp3) is 0.611. The van der Waals surface area contributed by atoms with Crippen molar-refractivity contribution in [2.24, 2.45) is 0 Å². The molecule has 1 N–H and O–H groups in total. The SMILES string of the molecule is COC(=O)N1c2ccc(-c3ccc4c(c3)CCN4S(C)(=O)=O)cc2N(C(=O)OC2CCC3(CCCCCCCCCC3)NC2)C[C@@H]1C. The molecule has 2 aromatic rings. The summed E-state index contributed by atoms with van der Waals surface area (Å²) in [6.07, 6.45) is 15.4. The zero-order valence-electron chi connectivity index (χ0n) is 28.1. The number of amides is 2. The number of carbonyl (C=O) groups is 2. The number of ether oxygens (including phenoxy) is 2. The fourth-order valence-electron chi connectivity index (χ4n) is 8.05. The van der Waals surface area contributed by atoms with Crippen molar-refractivity contribution in [2.45, 2.75) is 108 Å². The normalized spacial score (nSPS) is 23.4. The van der Waals surface area contributed by atoms with Crippen LogP contribution >= 0.6 is 0 Å². The minimum Gasteiger partial charge on any atom is -0.452 e. The highest BCUT2D eigenvalue weighted by molar-refractivity contribution is 7.92. The van der Waals surface area contributed by atoms with Crippen molar-refractivity contribution in [1.82, 2.24) is 5.32 Å². The van der Waals surface area contributed by atoms with Gasteiger partial charge >= 0.3 is 12.2 Å². The lowest BCUT2D eigenvalue weighted by Gasteiger charge is -2.43. The van der Waals surface area contributed by atoms with Crippen molar-refractivity contribution in [3.63, 3.8) is 0 Å². The Labute approximate surface area is 279 Å². The number of rotatable bonds is 3. The Balaban J connectivity index is 1.22. The first-order valence-electron chi connectivity index (χ1n) is 17.4. The zero-order valence-corrected chi connectivity index (χ0v) is 28.9. The van der Waals surface area contributed by atoms with Gasteiger partial charge in [0.1, 0.15) is 6.10 Å². The molecule has 10 nitrogen and oxygen atoms in total. The lowest BCUT2D eigenvalue weighted by atomic mass is 9.79. The van der Waals surface area contributed by atoms with E-state index in [-0.39, 0.29) is 24.2 Å². The number of carbonyl (C=O) groups excluding carboxylic acids is 2. The smallest absolute Gasteiger partial charge is 0.414 e. The van der Waals surface area contributed by atoms with Gasteiger partial charge in [-0.25, -0.2) is 18.0 Å². The molecule has 1 saturated carbocycles. The Hall–Kier alpha value is -3.31. The standard InChI is InChI=1S/C36H50N4O6S/c1-26-25-38(34(41)46-30-16-20-36(37-24-30)18-10-8-6-4-5-7-9-11-19-36)33-23-28(13-15-32(33)40(26)35(42)45-2)27-12-14-31-29(22-27)17-21-39(31)47(3,43)44/h12-15,22-23,26,30,37H,4-11,16-21,24-25H2,1-3H3/t26-,30?/m0/s1. The molecule has 1 aliphatic carbocycles. The van der Waals surface area contributed by atoms with Gasteiger partial charge in [0.25, 0.3) is 0 Å². The molecule has 0 bridgehead atoms. The molecule has 2 amide bonds. The minimum atomic E-state index is -3.35. The number of benzene rings is 2.